The Balaban J connectivity index is 0.000000175. The van der Waals surface area contributed by atoms with Crippen molar-refractivity contribution in [2.24, 2.45) is 11.7 Å². The highest BCUT2D eigenvalue weighted by Crippen LogP contribution is 2.41. The number of anilines is 4. The van der Waals surface area contributed by atoms with Crippen molar-refractivity contribution in [3.63, 3.8) is 0 Å². The van der Waals surface area contributed by atoms with Crippen LogP contribution in [0.25, 0.3) is 55.0 Å². The normalized spacial score (nSPS) is 22.8. The number of fused-ring (bicyclic) bond motifs is 2. The van der Waals surface area contributed by atoms with Gasteiger partial charge in [-0.3, -0.25) is 19.6 Å². The largest absolute Gasteiger partial charge is 0.382 e. The summed E-state index contributed by atoms with van der Waals surface area (Å²) in [5.74, 6) is 2.68. The first-order chi connectivity index (χ1) is 40.7. The number of carbonyl (C=O) groups is 2. The van der Waals surface area contributed by atoms with E-state index in [0.717, 1.165) is 147 Å². The molecular formula is C61H81N19O2S2. The van der Waals surface area contributed by atoms with E-state index in [1.165, 1.54) is 32.1 Å². The third-order valence-electron chi connectivity index (χ3n) is 16.9. The molecule has 4 atom stereocenters. The standard InChI is InChI=1S/C31H41N9OS.C30H40N10OS/c1-18(2)34-26-15-27(28-14-13-23-16-33-31(39-40(23)28)36-25-8-6-5-7-19(25)3)32-17-24(26)30-38-37-29(42-30)21-9-11-22(12-10-21)35-20(4)41;1-17(2)34-25-14-26(27-13-12-21-15-33-30(39-40(21)27)36-24-7-5-4-6-23(24)31)32-16-22(25)29-38-37-28(42-29)19-8-10-20(11-9-19)35-18(3)41/h13-19,21-22,25H,5-12H2,1-4H3,(H,32,34)(H,35,41)(H,36,39);12-17,19-20,23-24H,4-11,31H2,1-3H3,(H,32,34)(H,35,41)(H,36,39)/t19-,21?,22?,25+;19?,20?,23-,24+/m00/s1. The van der Waals surface area contributed by atoms with Crippen LogP contribution >= 0.6 is 22.7 Å². The topological polar surface area (TPSA) is 270 Å². The predicted octanol–water partition coefficient (Wildman–Crippen LogP) is 11.3. The van der Waals surface area contributed by atoms with Gasteiger partial charge in [-0.2, -0.15) is 0 Å². The Labute approximate surface area is 499 Å². The molecule has 0 aliphatic heterocycles. The SMILES string of the molecule is CC(=O)NC1CCC(c2nnc(-c3cnc(-c4ccc5cnc(N[C@@H]6CCCC[C@@H]6C)nn45)cc3NC(C)C)s2)CC1.CC(=O)NC1CCC(c2nnc(-c3cnc(-c4ccc5cnc(N[C@@H]6CCCC[C@@H]6N)nn45)cc3NC(C)C)s2)CC1. The minimum absolute atomic E-state index is 0.0414. The Morgan fingerprint density at radius 3 is 1.43 bits per heavy atom. The molecule has 4 fully saturated rings. The average molecular weight is 1180 g/mol. The van der Waals surface area contributed by atoms with Crippen molar-refractivity contribution in [2.45, 2.75) is 205 Å². The van der Waals surface area contributed by atoms with Gasteiger partial charge in [0.2, 0.25) is 23.7 Å². The van der Waals surface area contributed by atoms with Crippen LogP contribution in [-0.4, -0.2) is 114 Å². The summed E-state index contributed by atoms with van der Waals surface area (Å²) in [6, 6.07) is 14.0. The van der Waals surface area contributed by atoms with Crippen molar-refractivity contribution in [3.05, 3.63) is 71.2 Å². The van der Waals surface area contributed by atoms with Crippen molar-refractivity contribution >= 4 is 68.8 Å². The first-order valence-corrected chi connectivity index (χ1v) is 32.0. The maximum atomic E-state index is 11.4. The Kier molecular flexibility index (Phi) is 18.4. The van der Waals surface area contributed by atoms with Crippen LogP contribution in [-0.2, 0) is 9.59 Å². The molecule has 84 heavy (non-hydrogen) atoms. The zero-order chi connectivity index (χ0) is 58.4. The van der Waals surface area contributed by atoms with E-state index in [-0.39, 0.29) is 48.1 Å². The van der Waals surface area contributed by atoms with E-state index in [9.17, 15) is 9.59 Å². The maximum Gasteiger partial charge on any atom is 0.241 e. The number of hydrogen-bond donors (Lipinski definition) is 7. The maximum absolute atomic E-state index is 11.4. The van der Waals surface area contributed by atoms with Gasteiger partial charge >= 0.3 is 0 Å². The smallest absolute Gasteiger partial charge is 0.241 e. The highest BCUT2D eigenvalue weighted by Gasteiger charge is 2.30. The van der Waals surface area contributed by atoms with Crippen LogP contribution in [0.15, 0.2) is 61.2 Å². The van der Waals surface area contributed by atoms with Gasteiger partial charge in [-0.25, -0.2) is 19.0 Å². The molecule has 4 aliphatic rings. The number of rotatable bonds is 16. The van der Waals surface area contributed by atoms with Crippen molar-refractivity contribution < 1.29 is 9.59 Å². The highest BCUT2D eigenvalue weighted by atomic mass is 32.1. The van der Waals surface area contributed by atoms with Crippen molar-refractivity contribution in [2.75, 3.05) is 21.3 Å². The molecule has 4 saturated carbocycles. The monoisotopic (exact) mass is 1180 g/mol. The summed E-state index contributed by atoms with van der Waals surface area (Å²) < 4.78 is 3.83. The molecule has 21 nitrogen and oxygen atoms in total. The van der Waals surface area contributed by atoms with Crippen LogP contribution < -0.4 is 37.6 Å². The first kappa shape index (κ1) is 58.5. The summed E-state index contributed by atoms with van der Waals surface area (Å²) in [5.41, 5.74) is 15.5. The molecule has 444 valence electrons. The molecular weight excluding hydrogens is 1090 g/mol. The number of nitrogens with two attached hydrogens (primary N) is 1. The zero-order valence-corrected chi connectivity index (χ0v) is 51.1. The minimum Gasteiger partial charge on any atom is -0.382 e. The second-order valence-corrected chi connectivity index (χ2v) is 26.2. The number of pyridine rings is 2. The number of carbonyl (C=O) groups excluding carboxylic acids is 2. The predicted molar refractivity (Wildman–Crippen MR) is 334 cm³/mol. The van der Waals surface area contributed by atoms with Gasteiger partial charge in [-0.1, -0.05) is 55.3 Å². The summed E-state index contributed by atoms with van der Waals surface area (Å²) in [4.78, 5) is 41.8. The third kappa shape index (κ3) is 13.9. The average Bonchev–Trinajstić information content (AvgIpc) is 3.55. The second-order valence-electron chi connectivity index (χ2n) is 24.2. The first-order valence-electron chi connectivity index (χ1n) is 30.4. The van der Waals surface area contributed by atoms with Gasteiger partial charge in [0.1, 0.15) is 10.0 Å². The molecule has 8 N–H and O–H groups in total. The van der Waals surface area contributed by atoms with E-state index in [4.69, 9.17) is 25.9 Å². The molecule has 0 spiro atoms. The molecule has 0 bridgehead atoms. The lowest BCUT2D eigenvalue weighted by atomic mass is 9.86. The van der Waals surface area contributed by atoms with E-state index in [1.807, 2.05) is 52.0 Å². The molecule has 2 amide bonds. The molecule has 23 heteroatoms. The summed E-state index contributed by atoms with van der Waals surface area (Å²) >= 11 is 3.29. The van der Waals surface area contributed by atoms with Gasteiger partial charge in [0.05, 0.1) is 57.3 Å². The van der Waals surface area contributed by atoms with E-state index >= 15 is 0 Å². The van der Waals surface area contributed by atoms with E-state index in [0.29, 0.717) is 35.7 Å². The molecule has 8 aromatic heterocycles. The fourth-order valence-electron chi connectivity index (χ4n) is 12.5. The van der Waals surface area contributed by atoms with Gasteiger partial charge in [-0.15, -0.1) is 30.6 Å². The molecule has 12 rings (SSSR count). The van der Waals surface area contributed by atoms with Gasteiger partial charge in [0, 0.05) is 91.7 Å². The Hall–Kier alpha value is -7.24. The Morgan fingerprint density at radius 1 is 0.548 bits per heavy atom. The Morgan fingerprint density at radius 2 is 0.988 bits per heavy atom. The number of hydrogen-bond acceptors (Lipinski definition) is 19. The molecule has 8 aromatic rings. The van der Waals surface area contributed by atoms with Gasteiger partial charge in [0.15, 0.2) is 10.0 Å². The van der Waals surface area contributed by atoms with Gasteiger partial charge in [0.25, 0.3) is 0 Å². The van der Waals surface area contributed by atoms with Crippen LogP contribution in [0.3, 0.4) is 0 Å². The highest BCUT2D eigenvalue weighted by molar-refractivity contribution is 7.15. The molecule has 8 heterocycles. The fourth-order valence-corrected chi connectivity index (χ4v) is 14.6. The molecule has 0 saturated heterocycles. The summed E-state index contributed by atoms with van der Waals surface area (Å²) in [7, 11) is 0. The molecule has 4 aliphatic carbocycles. The molecule has 0 radical (unpaired) electrons. The Bertz CT molecular complexity index is 3310. The van der Waals surface area contributed by atoms with E-state index in [2.05, 4.69) is 115 Å². The van der Waals surface area contributed by atoms with Crippen LogP contribution in [0.4, 0.5) is 23.3 Å². The summed E-state index contributed by atoms with van der Waals surface area (Å²) in [6.07, 6.45) is 24.7. The number of nitrogens with one attached hydrogen (secondary N) is 6. The lowest BCUT2D eigenvalue weighted by Gasteiger charge is -2.29. The lowest BCUT2D eigenvalue weighted by molar-refractivity contribution is -0.120. The number of aromatic nitrogens is 12. The van der Waals surface area contributed by atoms with Crippen LogP contribution in [0, 0.1) is 5.92 Å². The second kappa shape index (κ2) is 26.4. The number of nitrogens with zero attached hydrogens (tertiary/aromatic N) is 12. The quantitative estimate of drug-likeness (QED) is 0.0474. The van der Waals surface area contributed by atoms with Gasteiger partial charge in [-0.05, 0) is 147 Å². The van der Waals surface area contributed by atoms with Crippen LogP contribution in [0.2, 0.25) is 0 Å². The molecule has 0 unspecified atom stereocenters. The van der Waals surface area contributed by atoms with Crippen LogP contribution in [0.5, 0.6) is 0 Å². The van der Waals surface area contributed by atoms with E-state index < -0.39 is 0 Å². The van der Waals surface area contributed by atoms with Crippen LogP contribution in [0.1, 0.15) is 173 Å². The third-order valence-corrected chi connectivity index (χ3v) is 19.1. The minimum atomic E-state index is 0.0414. The molecule has 0 aromatic carbocycles. The summed E-state index contributed by atoms with van der Waals surface area (Å²) in [5, 5.41) is 52.3. The fraction of sp³-hybridized carbons (Fsp3) is 0.541. The zero-order valence-electron chi connectivity index (χ0n) is 49.4. The summed E-state index contributed by atoms with van der Waals surface area (Å²) in [6.45, 7) is 14.0. The van der Waals surface area contributed by atoms with Crippen molar-refractivity contribution in [3.8, 4) is 43.9 Å². The van der Waals surface area contributed by atoms with Crippen molar-refractivity contribution in [1.29, 1.82) is 0 Å². The van der Waals surface area contributed by atoms with Gasteiger partial charge < -0.3 is 37.6 Å². The lowest BCUT2D eigenvalue weighted by Crippen LogP contribution is -2.43. The number of amides is 2. The van der Waals surface area contributed by atoms with E-state index in [1.54, 1.807) is 36.5 Å². The van der Waals surface area contributed by atoms with Crippen molar-refractivity contribution in [1.82, 2.24) is 70.2 Å².